The van der Waals surface area contributed by atoms with Crippen molar-refractivity contribution in [2.24, 2.45) is 0 Å². The normalized spacial score (nSPS) is 17.8. The van der Waals surface area contributed by atoms with Crippen LogP contribution in [0.2, 0.25) is 0 Å². The fraction of sp³-hybridized carbons (Fsp3) is 0.450. The van der Waals surface area contributed by atoms with Crippen molar-refractivity contribution >= 4 is 17.0 Å². The molecule has 0 aromatic heterocycles. The van der Waals surface area contributed by atoms with E-state index in [1.54, 1.807) is 0 Å². The summed E-state index contributed by atoms with van der Waals surface area (Å²) < 4.78 is 1.81. The summed E-state index contributed by atoms with van der Waals surface area (Å²) >= 11 is 0. The summed E-state index contributed by atoms with van der Waals surface area (Å²) in [6, 6.07) is 3.36. The van der Waals surface area contributed by atoms with E-state index in [4.69, 9.17) is 0 Å². The molecule has 3 heterocycles. The Morgan fingerprint density at radius 1 is 1.17 bits per heavy atom. The number of hydrogen-bond acceptors (Lipinski definition) is 6. The lowest BCUT2D eigenvalue weighted by atomic mass is 10.0. The molecule has 3 aliphatic heterocycles. The summed E-state index contributed by atoms with van der Waals surface area (Å²) in [7, 11) is 0. The number of carboxylic acid groups (broad SMARTS) is 1. The number of carboxylic acids is 1. The molecule has 9 nitrogen and oxygen atoms in total. The molecule has 1 atom stereocenters. The van der Waals surface area contributed by atoms with Crippen LogP contribution in [0.5, 0.6) is 0 Å². The number of benzene rings is 1. The van der Waals surface area contributed by atoms with Crippen molar-refractivity contribution in [1.82, 2.24) is 24.4 Å². The summed E-state index contributed by atoms with van der Waals surface area (Å²) in [5.41, 5.74) is 2.32. The average molecular weight is 397 g/mol. The molecule has 152 valence electrons. The molecular formula is C20H23N5O4. The van der Waals surface area contributed by atoms with Crippen molar-refractivity contribution in [2.45, 2.75) is 45.7 Å². The lowest BCUT2D eigenvalue weighted by Crippen LogP contribution is -2.46. The van der Waals surface area contributed by atoms with E-state index in [1.165, 1.54) is 0 Å². The highest BCUT2D eigenvalue weighted by Gasteiger charge is 2.28. The van der Waals surface area contributed by atoms with Gasteiger partial charge in [-0.1, -0.05) is 6.42 Å². The Bertz CT molecular complexity index is 1180. The van der Waals surface area contributed by atoms with Gasteiger partial charge in [-0.05, 0) is 56.5 Å². The van der Waals surface area contributed by atoms with Crippen molar-refractivity contribution in [2.75, 3.05) is 13.1 Å². The van der Waals surface area contributed by atoms with Gasteiger partial charge in [0.25, 0.3) is 5.56 Å². The maximum Gasteiger partial charge on any atom is 0.349 e. The number of aliphatic carboxylic acids is 1. The molecule has 29 heavy (non-hydrogen) atoms. The molecule has 9 heteroatoms. The first-order valence-electron chi connectivity index (χ1n) is 9.74. The fourth-order valence-electron chi connectivity index (χ4n) is 4.04. The molecule has 3 aliphatic rings. The summed E-state index contributed by atoms with van der Waals surface area (Å²) in [4.78, 5) is 48.4. The highest BCUT2D eigenvalue weighted by atomic mass is 16.4. The number of hydrogen-bond donors (Lipinski definition) is 2. The number of aryl methyl sites for hydroxylation is 2. The minimum absolute atomic E-state index is 0.105. The van der Waals surface area contributed by atoms with Crippen LogP contribution in [-0.4, -0.2) is 54.6 Å². The standard InChI is InChI=1S/C20H23N5O4/c1-11-9-13-15(10-12(11)2)25(17-16(21-13)18(26)23-20(29)22-17)8-7-24-6-4-3-5-14(24)19(27)28/h9-10,14H,3-8H2,1-2H3,(H,27,28)(H,23,26,29). The van der Waals surface area contributed by atoms with Crippen LogP contribution < -0.4 is 11.2 Å². The molecule has 1 fully saturated rings. The molecule has 2 N–H and O–H groups in total. The first kappa shape index (κ1) is 19.3. The Kier molecular flexibility index (Phi) is 4.91. The van der Waals surface area contributed by atoms with Gasteiger partial charge in [-0.3, -0.25) is 19.5 Å². The second-order valence-corrected chi connectivity index (χ2v) is 7.62. The summed E-state index contributed by atoms with van der Waals surface area (Å²) in [5, 5.41) is 9.53. The van der Waals surface area contributed by atoms with Gasteiger partial charge in [0.1, 0.15) is 6.04 Å². The van der Waals surface area contributed by atoms with Gasteiger partial charge >= 0.3 is 11.7 Å². The minimum atomic E-state index is -0.818. The average Bonchev–Trinajstić information content (AvgIpc) is 2.67. The lowest BCUT2D eigenvalue weighted by Gasteiger charge is -2.33. The molecule has 0 aliphatic carbocycles. The molecule has 1 saturated heterocycles. The highest BCUT2D eigenvalue weighted by Crippen LogP contribution is 2.24. The van der Waals surface area contributed by atoms with Crippen LogP contribution in [-0.2, 0) is 11.3 Å². The molecule has 0 bridgehead atoms. The van der Waals surface area contributed by atoms with Crippen molar-refractivity contribution < 1.29 is 9.90 Å². The van der Waals surface area contributed by atoms with Crippen LogP contribution in [0.1, 0.15) is 30.4 Å². The van der Waals surface area contributed by atoms with Gasteiger partial charge in [0, 0.05) is 13.1 Å². The molecule has 0 saturated carbocycles. The van der Waals surface area contributed by atoms with E-state index < -0.39 is 23.3 Å². The van der Waals surface area contributed by atoms with Gasteiger partial charge in [-0.2, -0.15) is 4.98 Å². The van der Waals surface area contributed by atoms with Gasteiger partial charge in [-0.15, -0.1) is 0 Å². The van der Waals surface area contributed by atoms with Crippen molar-refractivity contribution in [3.8, 4) is 11.5 Å². The number of aromatic nitrogens is 4. The van der Waals surface area contributed by atoms with E-state index >= 15 is 0 Å². The van der Waals surface area contributed by atoms with E-state index in [0.717, 1.165) is 29.5 Å². The number of likely N-dealkylation sites (tertiary alicyclic amines) is 1. The molecule has 4 rings (SSSR count). The van der Waals surface area contributed by atoms with E-state index in [-0.39, 0.29) is 11.5 Å². The van der Waals surface area contributed by atoms with Gasteiger partial charge in [-0.25, -0.2) is 9.78 Å². The van der Waals surface area contributed by atoms with Crippen LogP contribution in [0.3, 0.4) is 0 Å². The van der Waals surface area contributed by atoms with Crippen molar-refractivity contribution in [3.05, 3.63) is 44.1 Å². The summed E-state index contributed by atoms with van der Waals surface area (Å²) in [6.45, 7) is 5.54. The van der Waals surface area contributed by atoms with Crippen LogP contribution in [0, 0.1) is 13.8 Å². The van der Waals surface area contributed by atoms with Gasteiger partial charge in [0.2, 0.25) is 0 Å². The Morgan fingerprint density at radius 2 is 1.93 bits per heavy atom. The lowest BCUT2D eigenvalue weighted by molar-refractivity contribution is -0.144. The Morgan fingerprint density at radius 3 is 2.69 bits per heavy atom. The number of fused-ring (bicyclic) bond motifs is 2. The van der Waals surface area contributed by atoms with E-state index in [0.29, 0.717) is 31.6 Å². The Balaban J connectivity index is 1.84. The molecular weight excluding hydrogens is 374 g/mol. The monoisotopic (exact) mass is 397 g/mol. The fourth-order valence-corrected chi connectivity index (χ4v) is 4.04. The molecule has 1 aromatic carbocycles. The predicted molar refractivity (Wildman–Crippen MR) is 107 cm³/mol. The van der Waals surface area contributed by atoms with E-state index in [1.807, 2.05) is 35.4 Å². The van der Waals surface area contributed by atoms with Crippen LogP contribution in [0.15, 0.2) is 21.7 Å². The second-order valence-electron chi connectivity index (χ2n) is 7.62. The molecule has 0 spiro atoms. The number of nitrogens with zero attached hydrogens (tertiary/aromatic N) is 4. The van der Waals surface area contributed by atoms with Gasteiger partial charge in [0.15, 0.2) is 11.5 Å². The van der Waals surface area contributed by atoms with Crippen molar-refractivity contribution in [3.63, 3.8) is 0 Å². The zero-order valence-electron chi connectivity index (χ0n) is 16.4. The summed E-state index contributed by atoms with van der Waals surface area (Å²) in [6.07, 6.45) is 2.47. The minimum Gasteiger partial charge on any atom is -0.480 e. The van der Waals surface area contributed by atoms with E-state index in [2.05, 4.69) is 15.0 Å². The quantitative estimate of drug-likeness (QED) is 0.633. The first-order chi connectivity index (χ1) is 13.8. The summed E-state index contributed by atoms with van der Waals surface area (Å²) in [5.74, 6) is -0.597. The Hall–Kier alpha value is -3.07. The number of carbonyl (C=O) groups is 1. The number of aromatic amines is 1. The molecule has 0 radical (unpaired) electrons. The number of H-pyrrole nitrogens is 1. The Labute approximate surface area is 166 Å². The van der Waals surface area contributed by atoms with Crippen LogP contribution in [0.4, 0.5) is 0 Å². The van der Waals surface area contributed by atoms with Crippen molar-refractivity contribution in [1.29, 1.82) is 0 Å². The third-order valence-corrected chi connectivity index (χ3v) is 5.73. The smallest absolute Gasteiger partial charge is 0.349 e. The SMILES string of the molecule is Cc1cc2nc3c(=O)[nH]c(=O)nc-3n(CCN3CCCCC3C(=O)O)c2cc1C. The second kappa shape index (κ2) is 7.40. The maximum atomic E-state index is 12.3. The first-order valence-corrected chi connectivity index (χ1v) is 9.74. The predicted octanol–water partition coefficient (Wildman–Crippen LogP) is 1.14. The zero-order chi connectivity index (χ0) is 20.7. The molecule has 1 aromatic rings. The number of rotatable bonds is 4. The highest BCUT2D eigenvalue weighted by molar-refractivity contribution is 5.81. The van der Waals surface area contributed by atoms with Crippen LogP contribution in [0.25, 0.3) is 22.6 Å². The zero-order valence-corrected chi connectivity index (χ0v) is 16.4. The third-order valence-electron chi connectivity index (χ3n) is 5.73. The van der Waals surface area contributed by atoms with Gasteiger partial charge < -0.3 is 9.67 Å². The topological polar surface area (TPSA) is 121 Å². The number of piperidine rings is 1. The third kappa shape index (κ3) is 3.53. The molecule has 1 unspecified atom stereocenters. The largest absolute Gasteiger partial charge is 0.480 e. The molecule has 0 amide bonds. The van der Waals surface area contributed by atoms with Crippen LogP contribution >= 0.6 is 0 Å². The maximum absolute atomic E-state index is 12.3. The van der Waals surface area contributed by atoms with Gasteiger partial charge in [0.05, 0.1) is 11.0 Å². The van der Waals surface area contributed by atoms with E-state index in [9.17, 15) is 19.5 Å². The number of nitrogens with one attached hydrogen (secondary N) is 1.